The zero-order valence-electron chi connectivity index (χ0n) is 22.8. The molecule has 41 heavy (non-hydrogen) atoms. The van der Waals surface area contributed by atoms with Crippen molar-refractivity contribution in [3.05, 3.63) is 53.1 Å². The molecule has 0 saturated carbocycles. The summed E-state index contributed by atoms with van der Waals surface area (Å²) in [7, 11) is 0. The van der Waals surface area contributed by atoms with Crippen molar-refractivity contribution in [2.45, 2.75) is 58.4 Å². The molecule has 1 aliphatic rings. The summed E-state index contributed by atoms with van der Waals surface area (Å²) in [5.74, 6) is -2.26. The number of fused-ring (bicyclic) bond motifs is 1. The highest BCUT2D eigenvalue weighted by Gasteiger charge is 2.38. The quantitative estimate of drug-likeness (QED) is 0.414. The van der Waals surface area contributed by atoms with Crippen LogP contribution in [0.1, 0.15) is 44.4 Å². The maximum Gasteiger partial charge on any atom is 0.490 e. The van der Waals surface area contributed by atoms with Crippen molar-refractivity contribution >= 4 is 11.9 Å². The molecule has 0 saturated heterocycles. The lowest BCUT2D eigenvalue weighted by Crippen LogP contribution is -2.51. The first-order valence-electron chi connectivity index (χ1n) is 12.6. The van der Waals surface area contributed by atoms with E-state index in [2.05, 4.69) is 28.3 Å². The number of nitrogens with zero attached hydrogens (tertiary/aromatic N) is 4. The van der Waals surface area contributed by atoms with Crippen LogP contribution in [0.3, 0.4) is 0 Å². The molecule has 0 radical (unpaired) electrons. The van der Waals surface area contributed by atoms with Gasteiger partial charge in [0.2, 0.25) is 5.82 Å². The van der Waals surface area contributed by atoms with Crippen LogP contribution >= 0.6 is 0 Å². The number of halogens is 3. The standard InChI is InChI=1S/C26H28N4O4.C2HF3O2/c1-16(2)33-22-8-7-20(14-21(22)15-27)24-28-23(29-34-24)19-6-5-17-9-11-30(12-10-18(17)13-19)26(3,4)25(31)32;3-2(4,5)1(6)7/h5-8,13-14,16H,9-12H2,1-4H3,(H,31,32);(H,6,7). The van der Waals surface area contributed by atoms with Crippen molar-refractivity contribution in [3.8, 4) is 34.7 Å². The van der Waals surface area contributed by atoms with Crippen molar-refractivity contribution in [3.63, 3.8) is 0 Å². The van der Waals surface area contributed by atoms with Crippen LogP contribution in [0, 0.1) is 11.3 Å². The van der Waals surface area contributed by atoms with E-state index in [1.807, 2.05) is 24.8 Å². The van der Waals surface area contributed by atoms with Gasteiger partial charge in [0.15, 0.2) is 0 Å². The van der Waals surface area contributed by atoms with E-state index in [-0.39, 0.29) is 6.10 Å². The Morgan fingerprint density at radius 3 is 2.20 bits per heavy atom. The molecule has 0 unspecified atom stereocenters. The molecule has 2 aromatic carbocycles. The molecule has 2 N–H and O–H groups in total. The Hall–Kier alpha value is -4.44. The second-order valence-electron chi connectivity index (χ2n) is 10.1. The van der Waals surface area contributed by atoms with E-state index in [4.69, 9.17) is 19.2 Å². The predicted octanol–water partition coefficient (Wildman–Crippen LogP) is 4.96. The number of carboxylic acid groups (broad SMARTS) is 2. The van der Waals surface area contributed by atoms with Gasteiger partial charge in [0.05, 0.1) is 11.7 Å². The highest BCUT2D eigenvalue weighted by Crippen LogP contribution is 2.30. The molecule has 1 aliphatic heterocycles. The van der Waals surface area contributed by atoms with E-state index in [0.717, 1.165) is 24.0 Å². The van der Waals surface area contributed by atoms with Crippen molar-refractivity contribution in [1.82, 2.24) is 15.0 Å². The van der Waals surface area contributed by atoms with Gasteiger partial charge in [-0.1, -0.05) is 17.3 Å². The third kappa shape index (κ3) is 7.61. The molecule has 1 aromatic heterocycles. The Kier molecular flexibility index (Phi) is 9.39. The number of ether oxygens (including phenoxy) is 1. The minimum atomic E-state index is -5.08. The first kappa shape index (κ1) is 31.1. The monoisotopic (exact) mass is 574 g/mol. The van der Waals surface area contributed by atoms with Crippen molar-refractivity contribution < 1.29 is 42.2 Å². The molecule has 2 heterocycles. The maximum atomic E-state index is 11.7. The topological polar surface area (TPSA) is 150 Å². The summed E-state index contributed by atoms with van der Waals surface area (Å²) in [5, 5.41) is 30.3. The number of aromatic nitrogens is 2. The van der Waals surface area contributed by atoms with Crippen LogP contribution in [0.4, 0.5) is 13.2 Å². The number of hydrogen-bond acceptors (Lipinski definition) is 8. The first-order valence-corrected chi connectivity index (χ1v) is 12.6. The summed E-state index contributed by atoms with van der Waals surface area (Å²) in [6.45, 7) is 8.66. The SMILES string of the molecule is CC(C)Oc1ccc(-c2nc(-c3ccc4c(c3)CCN(C(C)(C)C(=O)O)CC4)no2)cc1C#N.O=C(O)C(F)(F)F. The van der Waals surface area contributed by atoms with Gasteiger partial charge in [0.1, 0.15) is 17.4 Å². The average molecular weight is 575 g/mol. The summed E-state index contributed by atoms with van der Waals surface area (Å²) >= 11 is 0. The second kappa shape index (κ2) is 12.4. The maximum absolute atomic E-state index is 11.7. The smallest absolute Gasteiger partial charge is 0.490 e. The summed E-state index contributed by atoms with van der Waals surface area (Å²) in [5.41, 5.74) is 3.34. The Morgan fingerprint density at radius 2 is 1.63 bits per heavy atom. The minimum Gasteiger partial charge on any atom is -0.490 e. The molecule has 4 rings (SSSR count). The van der Waals surface area contributed by atoms with E-state index >= 15 is 0 Å². The Bertz CT molecular complexity index is 1460. The molecule has 218 valence electrons. The Morgan fingerprint density at radius 1 is 1.02 bits per heavy atom. The molecule has 0 aliphatic carbocycles. The zero-order valence-corrected chi connectivity index (χ0v) is 22.8. The summed E-state index contributed by atoms with van der Waals surface area (Å²) in [6, 6.07) is 13.5. The van der Waals surface area contributed by atoms with Crippen LogP contribution in [0.15, 0.2) is 40.9 Å². The lowest BCUT2D eigenvalue weighted by atomic mass is 10.00. The van der Waals surface area contributed by atoms with E-state index in [0.29, 0.717) is 41.7 Å². The van der Waals surface area contributed by atoms with Gasteiger partial charge in [-0.05, 0) is 75.9 Å². The van der Waals surface area contributed by atoms with Crippen LogP contribution in [0.5, 0.6) is 5.75 Å². The van der Waals surface area contributed by atoms with E-state index < -0.39 is 23.7 Å². The Balaban J connectivity index is 0.000000587. The van der Waals surface area contributed by atoms with Crippen LogP contribution in [-0.2, 0) is 22.4 Å². The van der Waals surface area contributed by atoms with Crippen LogP contribution in [-0.4, -0.2) is 68.1 Å². The zero-order chi connectivity index (χ0) is 30.5. The fourth-order valence-corrected chi connectivity index (χ4v) is 4.12. The number of carboxylic acids is 2. The van der Waals surface area contributed by atoms with E-state index in [1.165, 1.54) is 5.56 Å². The molecular weight excluding hydrogens is 545 g/mol. The normalized spacial score (nSPS) is 13.8. The van der Waals surface area contributed by atoms with Crippen LogP contribution in [0.25, 0.3) is 22.8 Å². The van der Waals surface area contributed by atoms with Crippen LogP contribution in [0.2, 0.25) is 0 Å². The van der Waals surface area contributed by atoms with Crippen molar-refractivity contribution in [1.29, 1.82) is 5.26 Å². The van der Waals surface area contributed by atoms with Gasteiger partial charge in [-0.15, -0.1) is 0 Å². The van der Waals surface area contributed by atoms with Gasteiger partial charge in [0.25, 0.3) is 5.89 Å². The average Bonchev–Trinajstić information content (AvgIpc) is 3.28. The predicted molar refractivity (Wildman–Crippen MR) is 140 cm³/mol. The molecule has 0 fully saturated rings. The number of benzene rings is 2. The van der Waals surface area contributed by atoms with Crippen LogP contribution < -0.4 is 4.74 Å². The van der Waals surface area contributed by atoms with E-state index in [1.54, 1.807) is 32.0 Å². The molecular formula is C28H29F3N4O6. The number of alkyl halides is 3. The lowest BCUT2D eigenvalue weighted by molar-refractivity contribution is -0.192. The van der Waals surface area contributed by atoms with Gasteiger partial charge in [-0.25, -0.2) is 4.79 Å². The summed E-state index contributed by atoms with van der Waals surface area (Å²) < 4.78 is 42.9. The van der Waals surface area contributed by atoms with Gasteiger partial charge in [-0.3, -0.25) is 9.69 Å². The first-order chi connectivity index (χ1) is 19.1. The van der Waals surface area contributed by atoms with Gasteiger partial charge in [-0.2, -0.15) is 23.4 Å². The van der Waals surface area contributed by atoms with Crippen molar-refractivity contribution in [2.24, 2.45) is 0 Å². The fraction of sp³-hybridized carbons (Fsp3) is 0.393. The number of nitriles is 1. The van der Waals surface area contributed by atoms with Gasteiger partial charge < -0.3 is 19.5 Å². The summed E-state index contributed by atoms with van der Waals surface area (Å²) in [4.78, 5) is 27.1. The molecule has 13 heteroatoms. The third-order valence-electron chi connectivity index (χ3n) is 6.46. The third-order valence-corrected chi connectivity index (χ3v) is 6.46. The van der Waals surface area contributed by atoms with Gasteiger partial charge in [0, 0.05) is 24.2 Å². The molecule has 0 amide bonds. The summed E-state index contributed by atoms with van der Waals surface area (Å²) in [6.07, 6.45) is -3.60. The van der Waals surface area contributed by atoms with Gasteiger partial charge >= 0.3 is 18.1 Å². The highest BCUT2D eigenvalue weighted by atomic mass is 19.4. The highest BCUT2D eigenvalue weighted by molar-refractivity contribution is 5.77. The largest absolute Gasteiger partial charge is 0.490 e. The molecule has 0 bridgehead atoms. The Labute approximate surface area is 234 Å². The molecule has 10 nitrogen and oxygen atoms in total. The molecule has 0 atom stereocenters. The fourth-order valence-electron chi connectivity index (χ4n) is 4.12. The molecule has 3 aromatic rings. The lowest BCUT2D eigenvalue weighted by Gasteiger charge is -2.33. The number of carbonyl (C=O) groups is 2. The van der Waals surface area contributed by atoms with E-state index in [9.17, 15) is 28.3 Å². The minimum absolute atomic E-state index is 0.0385. The van der Waals surface area contributed by atoms with Crippen molar-refractivity contribution in [2.75, 3.05) is 13.1 Å². The molecule has 0 spiro atoms. The number of hydrogen-bond donors (Lipinski definition) is 2. The number of rotatable bonds is 6. The second-order valence-corrected chi connectivity index (χ2v) is 10.1. The number of aliphatic carboxylic acids is 2.